The molecule has 1 saturated carbocycles. The average molecular weight is 358 g/mol. The number of morpholine rings is 1. The van der Waals surface area contributed by atoms with Crippen LogP contribution in [0.1, 0.15) is 36.6 Å². The molecule has 0 aromatic carbocycles. The van der Waals surface area contributed by atoms with Gasteiger partial charge in [0.2, 0.25) is 5.13 Å². The van der Waals surface area contributed by atoms with E-state index >= 15 is 0 Å². The highest BCUT2D eigenvalue weighted by Gasteiger charge is 2.39. The summed E-state index contributed by atoms with van der Waals surface area (Å²) in [6.45, 7) is 1.69. The smallest absolute Gasteiger partial charge is 0.253 e. The van der Waals surface area contributed by atoms with Crippen LogP contribution in [-0.4, -0.2) is 65.8 Å². The highest BCUT2D eigenvalue weighted by molar-refractivity contribution is 7.15. The Balaban J connectivity index is 1.38. The van der Waals surface area contributed by atoms with Gasteiger partial charge in [0.1, 0.15) is 5.01 Å². The number of ether oxygens (including phenoxy) is 1. The van der Waals surface area contributed by atoms with Gasteiger partial charge in [-0.2, -0.15) is 0 Å². The van der Waals surface area contributed by atoms with Gasteiger partial charge >= 0.3 is 0 Å². The monoisotopic (exact) mass is 358 g/mol. The first kappa shape index (κ1) is 16.1. The van der Waals surface area contributed by atoms with Gasteiger partial charge in [-0.05, 0) is 12.8 Å². The van der Waals surface area contributed by atoms with Crippen LogP contribution in [0.5, 0.6) is 0 Å². The van der Waals surface area contributed by atoms with Gasteiger partial charge in [0.25, 0.3) is 11.8 Å². The molecular weight excluding hydrogens is 338 g/mol. The number of halogens is 2. The molecule has 3 heterocycles. The molecule has 1 atom stereocenters. The maximum atomic E-state index is 13.2. The van der Waals surface area contributed by atoms with E-state index in [1.54, 1.807) is 11.3 Å². The van der Waals surface area contributed by atoms with Gasteiger partial charge in [-0.1, -0.05) is 11.3 Å². The van der Waals surface area contributed by atoms with Crippen molar-refractivity contribution in [1.29, 1.82) is 0 Å². The van der Waals surface area contributed by atoms with E-state index in [0.717, 1.165) is 10.1 Å². The summed E-state index contributed by atoms with van der Waals surface area (Å²) in [5.41, 5.74) is 0. The number of hydrogen-bond acceptors (Lipinski definition) is 6. The fourth-order valence-corrected chi connectivity index (χ4v) is 4.13. The minimum atomic E-state index is -2.65. The SMILES string of the molecule is O=C(C1CN(c2nnc(C3CC3)s2)CCO1)N1CCC(F)(F)CC1. The Kier molecular flexibility index (Phi) is 4.16. The van der Waals surface area contributed by atoms with Crippen LogP contribution < -0.4 is 4.90 Å². The van der Waals surface area contributed by atoms with Crippen LogP contribution in [-0.2, 0) is 9.53 Å². The van der Waals surface area contributed by atoms with E-state index in [4.69, 9.17) is 4.74 Å². The molecular formula is C15H20F2N4O2S. The third-order valence-electron chi connectivity index (χ3n) is 4.78. The molecule has 1 unspecified atom stereocenters. The second kappa shape index (κ2) is 6.18. The van der Waals surface area contributed by atoms with Crippen molar-refractivity contribution in [2.75, 3.05) is 37.7 Å². The molecule has 6 nitrogen and oxygen atoms in total. The number of piperidine rings is 1. The lowest BCUT2D eigenvalue weighted by atomic mass is 10.1. The zero-order valence-electron chi connectivity index (χ0n) is 13.3. The van der Waals surface area contributed by atoms with E-state index < -0.39 is 12.0 Å². The number of rotatable bonds is 3. The second-order valence-electron chi connectivity index (χ2n) is 6.68. The number of carbonyl (C=O) groups excluding carboxylic acids is 1. The first-order valence-electron chi connectivity index (χ1n) is 8.38. The fraction of sp³-hybridized carbons (Fsp3) is 0.800. The topological polar surface area (TPSA) is 58.6 Å². The van der Waals surface area contributed by atoms with Crippen LogP contribution >= 0.6 is 11.3 Å². The number of likely N-dealkylation sites (tertiary alicyclic amines) is 1. The summed E-state index contributed by atoms with van der Waals surface area (Å²) in [5.74, 6) is -2.28. The van der Waals surface area contributed by atoms with Crippen molar-refractivity contribution >= 4 is 22.4 Å². The summed E-state index contributed by atoms with van der Waals surface area (Å²) >= 11 is 1.58. The van der Waals surface area contributed by atoms with Crippen LogP contribution in [0.25, 0.3) is 0 Å². The van der Waals surface area contributed by atoms with E-state index in [-0.39, 0.29) is 31.8 Å². The Labute approximate surface area is 142 Å². The van der Waals surface area contributed by atoms with Gasteiger partial charge in [-0.25, -0.2) is 8.78 Å². The molecule has 0 radical (unpaired) electrons. The number of carbonyl (C=O) groups is 1. The van der Waals surface area contributed by atoms with Gasteiger partial charge in [-0.3, -0.25) is 4.79 Å². The van der Waals surface area contributed by atoms with Crippen molar-refractivity contribution in [2.45, 2.75) is 43.6 Å². The van der Waals surface area contributed by atoms with E-state index in [1.165, 1.54) is 17.7 Å². The number of anilines is 1. The molecule has 2 saturated heterocycles. The van der Waals surface area contributed by atoms with Crippen molar-refractivity contribution in [3.8, 4) is 0 Å². The van der Waals surface area contributed by atoms with Gasteiger partial charge in [0.15, 0.2) is 6.10 Å². The zero-order chi connectivity index (χ0) is 16.7. The van der Waals surface area contributed by atoms with Crippen LogP contribution in [0.4, 0.5) is 13.9 Å². The molecule has 132 valence electrons. The Hall–Kier alpha value is -1.35. The lowest BCUT2D eigenvalue weighted by Crippen LogP contribution is -2.53. The Bertz CT molecular complexity index is 612. The molecule has 0 bridgehead atoms. The molecule has 0 spiro atoms. The fourth-order valence-electron chi connectivity index (χ4n) is 3.08. The predicted octanol–water partition coefficient (Wildman–Crippen LogP) is 1.88. The maximum Gasteiger partial charge on any atom is 0.253 e. The van der Waals surface area contributed by atoms with E-state index in [1.807, 2.05) is 4.90 Å². The molecule has 3 aliphatic rings. The number of amides is 1. The van der Waals surface area contributed by atoms with Gasteiger partial charge in [0.05, 0.1) is 13.2 Å². The zero-order valence-corrected chi connectivity index (χ0v) is 14.1. The first-order chi connectivity index (χ1) is 11.5. The summed E-state index contributed by atoms with van der Waals surface area (Å²) < 4.78 is 32.1. The van der Waals surface area contributed by atoms with Crippen molar-refractivity contribution < 1.29 is 18.3 Å². The second-order valence-corrected chi connectivity index (χ2v) is 7.67. The number of aromatic nitrogens is 2. The molecule has 24 heavy (non-hydrogen) atoms. The third-order valence-corrected chi connectivity index (χ3v) is 5.92. The highest BCUT2D eigenvalue weighted by Crippen LogP contribution is 2.42. The van der Waals surface area contributed by atoms with E-state index in [0.29, 0.717) is 25.6 Å². The van der Waals surface area contributed by atoms with Crippen LogP contribution in [0.2, 0.25) is 0 Å². The van der Waals surface area contributed by atoms with Crippen molar-refractivity contribution in [1.82, 2.24) is 15.1 Å². The Morgan fingerprint density at radius 3 is 2.67 bits per heavy atom. The normalized spacial score (nSPS) is 27.3. The molecule has 3 fully saturated rings. The van der Waals surface area contributed by atoms with Gasteiger partial charge in [-0.15, -0.1) is 10.2 Å². The van der Waals surface area contributed by atoms with Crippen molar-refractivity contribution in [3.05, 3.63) is 5.01 Å². The molecule has 4 rings (SSSR count). The van der Waals surface area contributed by atoms with Crippen LogP contribution in [0.3, 0.4) is 0 Å². The molecule has 1 aromatic heterocycles. The third kappa shape index (κ3) is 3.37. The van der Waals surface area contributed by atoms with Crippen molar-refractivity contribution in [2.24, 2.45) is 0 Å². The molecule has 2 aliphatic heterocycles. The first-order valence-corrected chi connectivity index (χ1v) is 9.20. The quantitative estimate of drug-likeness (QED) is 0.826. The Morgan fingerprint density at radius 2 is 1.96 bits per heavy atom. The highest BCUT2D eigenvalue weighted by atomic mass is 32.1. The molecule has 1 aromatic rings. The lowest BCUT2D eigenvalue weighted by Gasteiger charge is -2.37. The number of alkyl halides is 2. The van der Waals surface area contributed by atoms with Crippen molar-refractivity contribution in [3.63, 3.8) is 0 Å². The number of nitrogens with zero attached hydrogens (tertiary/aromatic N) is 4. The largest absolute Gasteiger partial charge is 0.365 e. The maximum absolute atomic E-state index is 13.2. The molecule has 1 amide bonds. The average Bonchev–Trinajstić information content (AvgIpc) is 3.31. The summed E-state index contributed by atoms with van der Waals surface area (Å²) in [5, 5.41) is 10.4. The minimum absolute atomic E-state index is 0.0936. The minimum Gasteiger partial charge on any atom is -0.365 e. The predicted molar refractivity (Wildman–Crippen MR) is 84.6 cm³/mol. The van der Waals surface area contributed by atoms with E-state index in [2.05, 4.69) is 10.2 Å². The molecule has 1 aliphatic carbocycles. The molecule has 9 heteroatoms. The summed E-state index contributed by atoms with van der Waals surface area (Å²) in [6.07, 6.45) is 1.21. The summed E-state index contributed by atoms with van der Waals surface area (Å²) in [7, 11) is 0. The lowest BCUT2D eigenvalue weighted by molar-refractivity contribution is -0.150. The standard InChI is InChI=1S/C15H20F2N4O2S/c16-15(17)3-5-20(6-4-15)13(22)11-9-21(7-8-23-11)14-19-18-12(24-14)10-1-2-10/h10-11H,1-9H2. The summed E-state index contributed by atoms with van der Waals surface area (Å²) in [4.78, 5) is 16.1. The van der Waals surface area contributed by atoms with Gasteiger partial charge in [0, 0.05) is 38.4 Å². The van der Waals surface area contributed by atoms with E-state index in [9.17, 15) is 13.6 Å². The van der Waals surface area contributed by atoms with Crippen LogP contribution in [0, 0.1) is 0 Å². The van der Waals surface area contributed by atoms with Gasteiger partial charge < -0.3 is 14.5 Å². The molecule has 0 N–H and O–H groups in total. The van der Waals surface area contributed by atoms with Crippen LogP contribution in [0.15, 0.2) is 0 Å². The Morgan fingerprint density at radius 1 is 1.21 bits per heavy atom. The summed E-state index contributed by atoms with van der Waals surface area (Å²) in [6, 6.07) is 0. The number of hydrogen-bond donors (Lipinski definition) is 0.